The average Bonchev–Trinajstić information content (AvgIpc) is 2.75. The number of aryl methyl sites for hydroxylation is 4. The molecular formula is C28H31N2. The molecule has 0 saturated heterocycles. The molecule has 0 aliphatic rings. The molecule has 0 spiro atoms. The second-order valence-electron chi connectivity index (χ2n) is 8.31. The molecule has 2 nitrogen and oxygen atoms in total. The summed E-state index contributed by atoms with van der Waals surface area (Å²) in [7, 11) is 0. The van der Waals surface area contributed by atoms with Crippen molar-refractivity contribution >= 4 is 21.8 Å². The smallest absolute Gasteiger partial charge is 0.0707 e. The minimum absolute atomic E-state index is 1.12. The molecular weight excluding hydrogens is 364 g/mol. The van der Waals surface area contributed by atoms with E-state index in [1.54, 1.807) is 0 Å². The number of hydrogen-bond donors (Lipinski definition) is 0. The second kappa shape index (κ2) is 9.84. The first-order chi connectivity index (χ1) is 14.7. The molecule has 0 aliphatic carbocycles. The van der Waals surface area contributed by atoms with Crippen LogP contribution in [0, 0.1) is 20.3 Å². The molecule has 0 unspecified atom stereocenters. The van der Waals surface area contributed by atoms with Crippen molar-refractivity contribution in [3.8, 4) is 0 Å². The lowest BCUT2D eigenvalue weighted by Crippen LogP contribution is -1.94. The third-order valence-electron chi connectivity index (χ3n) is 5.82. The second-order valence-corrected chi connectivity index (χ2v) is 8.31. The van der Waals surface area contributed by atoms with Gasteiger partial charge in [-0.1, -0.05) is 49.2 Å². The van der Waals surface area contributed by atoms with Gasteiger partial charge < -0.3 is 0 Å². The number of aromatic nitrogens is 2. The first-order valence-corrected chi connectivity index (χ1v) is 11.2. The highest BCUT2D eigenvalue weighted by atomic mass is 14.7. The highest BCUT2D eigenvalue weighted by molar-refractivity contribution is 5.83. The van der Waals surface area contributed by atoms with E-state index in [2.05, 4.69) is 90.9 Å². The van der Waals surface area contributed by atoms with E-state index in [1.807, 2.05) is 0 Å². The van der Waals surface area contributed by atoms with Crippen LogP contribution in [0.3, 0.4) is 0 Å². The van der Waals surface area contributed by atoms with Crippen LogP contribution in [-0.4, -0.2) is 9.97 Å². The fraction of sp³-hybridized carbons (Fsp3) is 0.321. The van der Waals surface area contributed by atoms with Crippen LogP contribution in [0.2, 0.25) is 0 Å². The van der Waals surface area contributed by atoms with Gasteiger partial charge in [0.25, 0.3) is 0 Å². The molecule has 2 aromatic heterocycles. The summed E-state index contributed by atoms with van der Waals surface area (Å²) in [5.41, 5.74) is 7.36. The Labute approximate surface area is 180 Å². The molecule has 1 radical (unpaired) electrons. The number of pyridine rings is 2. The van der Waals surface area contributed by atoms with Gasteiger partial charge in [-0.2, -0.15) is 0 Å². The predicted molar refractivity (Wildman–Crippen MR) is 128 cm³/mol. The minimum atomic E-state index is 1.12. The highest BCUT2D eigenvalue weighted by Gasteiger charge is 2.05. The first kappa shape index (κ1) is 20.5. The number of para-hydroxylation sites is 2. The zero-order valence-electron chi connectivity index (χ0n) is 18.2. The van der Waals surface area contributed by atoms with Crippen molar-refractivity contribution in [1.29, 1.82) is 0 Å². The Hall–Kier alpha value is -2.74. The summed E-state index contributed by atoms with van der Waals surface area (Å²) < 4.78 is 0. The molecule has 0 amide bonds. The van der Waals surface area contributed by atoms with Crippen LogP contribution in [0.15, 0.2) is 60.7 Å². The van der Waals surface area contributed by atoms with E-state index in [9.17, 15) is 0 Å². The number of nitrogens with zero attached hydrogens (tertiary/aromatic N) is 2. The molecule has 30 heavy (non-hydrogen) atoms. The van der Waals surface area contributed by atoms with Gasteiger partial charge in [-0.25, -0.2) is 0 Å². The lowest BCUT2D eigenvalue weighted by molar-refractivity contribution is 0.688. The van der Waals surface area contributed by atoms with E-state index in [-0.39, 0.29) is 0 Å². The molecule has 0 saturated carbocycles. The predicted octanol–water partition coefficient (Wildman–Crippen LogP) is 7.34. The van der Waals surface area contributed by atoms with Crippen LogP contribution < -0.4 is 0 Å². The Morgan fingerprint density at radius 3 is 1.73 bits per heavy atom. The number of fused-ring (bicyclic) bond motifs is 2. The fourth-order valence-corrected chi connectivity index (χ4v) is 4.39. The van der Waals surface area contributed by atoms with Gasteiger partial charge in [-0.05, 0) is 87.8 Å². The molecule has 0 bridgehead atoms. The van der Waals surface area contributed by atoms with Gasteiger partial charge in [-0.15, -0.1) is 0 Å². The lowest BCUT2D eigenvalue weighted by atomic mass is 9.99. The van der Waals surface area contributed by atoms with E-state index in [0.717, 1.165) is 35.3 Å². The van der Waals surface area contributed by atoms with Crippen LogP contribution >= 0.6 is 0 Å². The molecule has 4 aromatic rings. The largest absolute Gasteiger partial charge is 0.253 e. The summed E-state index contributed by atoms with van der Waals surface area (Å²) in [5.74, 6) is 0. The van der Waals surface area contributed by atoms with E-state index < -0.39 is 0 Å². The Morgan fingerprint density at radius 1 is 0.633 bits per heavy atom. The van der Waals surface area contributed by atoms with Crippen molar-refractivity contribution in [2.24, 2.45) is 0 Å². The van der Waals surface area contributed by atoms with Gasteiger partial charge in [0.05, 0.1) is 11.0 Å². The van der Waals surface area contributed by atoms with Gasteiger partial charge in [0.1, 0.15) is 0 Å². The van der Waals surface area contributed by atoms with Gasteiger partial charge in [0.2, 0.25) is 0 Å². The van der Waals surface area contributed by atoms with Crippen LogP contribution in [0.5, 0.6) is 0 Å². The zero-order chi connectivity index (χ0) is 20.8. The number of rotatable bonds is 9. The van der Waals surface area contributed by atoms with Crippen LogP contribution in [0.25, 0.3) is 21.8 Å². The van der Waals surface area contributed by atoms with Crippen LogP contribution in [-0.2, 0) is 12.8 Å². The summed E-state index contributed by atoms with van der Waals surface area (Å²) in [4.78, 5) is 9.31. The van der Waals surface area contributed by atoms with E-state index >= 15 is 0 Å². The fourth-order valence-electron chi connectivity index (χ4n) is 4.39. The van der Waals surface area contributed by atoms with Gasteiger partial charge in [0, 0.05) is 22.2 Å². The standard InChI is InChI=1S/C28H31N2/c1-21-19-23(25-15-9-11-17-27(25)29-21)13-7-5-3-4-6-8-14-24-20-22(2)30-28-18-12-10-16-26(24)28/h3,9-12,15-20H,4-8,13-14H2,1-2H3. The van der Waals surface area contributed by atoms with Crippen molar-refractivity contribution in [3.05, 3.63) is 89.6 Å². The summed E-state index contributed by atoms with van der Waals surface area (Å²) >= 11 is 0. The van der Waals surface area contributed by atoms with Crippen molar-refractivity contribution in [1.82, 2.24) is 9.97 Å². The van der Waals surface area contributed by atoms with Crippen LogP contribution in [0.4, 0.5) is 0 Å². The Morgan fingerprint density at radius 2 is 1.13 bits per heavy atom. The maximum Gasteiger partial charge on any atom is 0.0707 e. The Kier molecular flexibility index (Phi) is 6.74. The number of hydrogen-bond acceptors (Lipinski definition) is 2. The summed E-state index contributed by atoms with van der Waals surface area (Å²) in [6.07, 6.45) is 10.8. The maximum atomic E-state index is 4.65. The Balaban J connectivity index is 1.20. The van der Waals surface area contributed by atoms with Gasteiger partial charge in [0.15, 0.2) is 0 Å². The number of benzene rings is 2. The third-order valence-corrected chi connectivity index (χ3v) is 5.82. The molecule has 2 heteroatoms. The molecule has 0 N–H and O–H groups in total. The number of unbranched alkanes of at least 4 members (excludes halogenated alkanes) is 5. The molecule has 2 heterocycles. The Bertz CT molecular complexity index is 1040. The van der Waals surface area contributed by atoms with E-state index in [0.29, 0.717) is 0 Å². The van der Waals surface area contributed by atoms with Crippen molar-refractivity contribution in [3.63, 3.8) is 0 Å². The molecule has 4 rings (SSSR count). The summed E-state index contributed by atoms with van der Waals surface area (Å²) in [6.45, 7) is 4.19. The van der Waals surface area contributed by atoms with Crippen molar-refractivity contribution < 1.29 is 0 Å². The van der Waals surface area contributed by atoms with Crippen molar-refractivity contribution in [2.75, 3.05) is 0 Å². The topological polar surface area (TPSA) is 25.8 Å². The molecule has 0 fully saturated rings. The third kappa shape index (κ3) is 5.05. The molecule has 2 aromatic carbocycles. The van der Waals surface area contributed by atoms with E-state index in [4.69, 9.17) is 0 Å². The maximum absolute atomic E-state index is 4.65. The normalized spacial score (nSPS) is 11.4. The monoisotopic (exact) mass is 395 g/mol. The lowest BCUT2D eigenvalue weighted by Gasteiger charge is -2.09. The first-order valence-electron chi connectivity index (χ1n) is 11.2. The minimum Gasteiger partial charge on any atom is -0.253 e. The van der Waals surface area contributed by atoms with Gasteiger partial charge in [-0.3, -0.25) is 9.97 Å². The van der Waals surface area contributed by atoms with Crippen LogP contribution in [0.1, 0.15) is 54.6 Å². The SMILES string of the molecule is Cc1cc(CCC[CH]CCCCc2cc(C)nc3ccccc23)c2ccccc2n1. The molecule has 0 atom stereocenters. The highest BCUT2D eigenvalue weighted by Crippen LogP contribution is 2.22. The zero-order valence-corrected chi connectivity index (χ0v) is 18.2. The van der Waals surface area contributed by atoms with Crippen molar-refractivity contribution in [2.45, 2.75) is 58.8 Å². The molecule has 0 aliphatic heterocycles. The summed E-state index contributed by atoms with van der Waals surface area (Å²) in [5, 5.41) is 2.62. The average molecular weight is 396 g/mol. The van der Waals surface area contributed by atoms with E-state index in [1.165, 1.54) is 54.0 Å². The molecule has 153 valence electrons. The summed E-state index contributed by atoms with van der Waals surface area (Å²) in [6, 6.07) is 21.5. The quantitative estimate of drug-likeness (QED) is 0.277. The van der Waals surface area contributed by atoms with Gasteiger partial charge >= 0.3 is 0 Å².